The third kappa shape index (κ3) is 4.06. The van der Waals surface area contributed by atoms with Gasteiger partial charge in [0.25, 0.3) is 0 Å². The molecule has 0 radical (unpaired) electrons. The highest BCUT2D eigenvalue weighted by Gasteiger charge is 2.15. The number of aromatic amines is 1. The Balaban J connectivity index is 1.73. The monoisotopic (exact) mass is 326 g/mol. The van der Waals surface area contributed by atoms with Crippen LogP contribution in [0.2, 0.25) is 0 Å². The van der Waals surface area contributed by atoms with Gasteiger partial charge in [-0.2, -0.15) is 5.10 Å². The molecule has 1 N–H and O–H groups in total. The Labute approximate surface area is 141 Å². The minimum atomic E-state index is 0.542. The minimum absolute atomic E-state index is 0.542. The lowest BCUT2D eigenvalue weighted by Crippen LogP contribution is -2.31. The number of hydrogen-bond donors (Lipinski definition) is 1. The second-order valence-electron chi connectivity index (χ2n) is 5.75. The number of rotatable bonds is 7. The lowest BCUT2D eigenvalue weighted by Gasteiger charge is -2.28. The van der Waals surface area contributed by atoms with Crippen LogP contribution in [0.25, 0.3) is 10.6 Å². The van der Waals surface area contributed by atoms with E-state index in [4.69, 9.17) is 0 Å². The van der Waals surface area contributed by atoms with Crippen LogP contribution in [0.1, 0.15) is 30.7 Å². The SMILES string of the molecule is CC[C@@H](C)N(Cc1ccncc1)Cc1ccc(-c2ccn[nH]2)s1. The largest absolute Gasteiger partial charge is 0.291 e. The fourth-order valence-electron chi connectivity index (χ4n) is 2.55. The normalized spacial score (nSPS) is 12.7. The number of nitrogens with zero attached hydrogens (tertiary/aromatic N) is 3. The first-order valence-electron chi connectivity index (χ1n) is 7.97. The molecule has 1 atom stereocenters. The minimum Gasteiger partial charge on any atom is -0.291 e. The maximum Gasteiger partial charge on any atom is 0.0749 e. The van der Waals surface area contributed by atoms with Crippen LogP contribution < -0.4 is 0 Å². The fraction of sp³-hybridized carbons (Fsp3) is 0.333. The molecule has 3 aromatic rings. The van der Waals surface area contributed by atoms with Crippen LogP contribution in [0.5, 0.6) is 0 Å². The van der Waals surface area contributed by atoms with Gasteiger partial charge in [0, 0.05) is 42.6 Å². The summed E-state index contributed by atoms with van der Waals surface area (Å²) >= 11 is 1.83. The van der Waals surface area contributed by atoms with Crippen LogP contribution >= 0.6 is 11.3 Å². The topological polar surface area (TPSA) is 44.8 Å². The van der Waals surface area contributed by atoms with Gasteiger partial charge in [0.1, 0.15) is 0 Å². The van der Waals surface area contributed by atoms with Gasteiger partial charge in [-0.25, -0.2) is 0 Å². The standard InChI is InChI=1S/C18H22N4S/c1-3-14(2)22(12-15-6-9-19-10-7-15)13-16-4-5-18(23-16)17-8-11-20-21-17/h4-11,14H,3,12-13H2,1-2H3,(H,20,21)/t14-/m1/s1. The highest BCUT2D eigenvalue weighted by atomic mass is 32.1. The van der Waals surface area contributed by atoms with Gasteiger partial charge in [-0.1, -0.05) is 6.92 Å². The summed E-state index contributed by atoms with van der Waals surface area (Å²) in [5.41, 5.74) is 2.40. The van der Waals surface area contributed by atoms with E-state index in [-0.39, 0.29) is 0 Å². The number of pyridine rings is 1. The molecule has 5 heteroatoms. The van der Waals surface area contributed by atoms with E-state index in [2.05, 4.69) is 58.2 Å². The Bertz CT molecular complexity index is 706. The fourth-order valence-corrected chi connectivity index (χ4v) is 3.56. The molecule has 0 aliphatic heterocycles. The van der Waals surface area contributed by atoms with E-state index in [9.17, 15) is 0 Å². The van der Waals surface area contributed by atoms with E-state index in [0.29, 0.717) is 6.04 Å². The molecule has 0 saturated heterocycles. The quantitative estimate of drug-likeness (QED) is 0.702. The van der Waals surface area contributed by atoms with Crippen molar-refractivity contribution >= 4 is 11.3 Å². The average molecular weight is 326 g/mol. The van der Waals surface area contributed by atoms with Gasteiger partial charge in [-0.3, -0.25) is 15.0 Å². The van der Waals surface area contributed by atoms with Crippen LogP contribution in [0.4, 0.5) is 0 Å². The van der Waals surface area contributed by atoms with Gasteiger partial charge in [-0.05, 0) is 49.2 Å². The molecule has 0 unspecified atom stereocenters. The summed E-state index contributed by atoms with van der Waals surface area (Å²) in [5.74, 6) is 0. The number of aromatic nitrogens is 3. The zero-order valence-corrected chi connectivity index (χ0v) is 14.4. The molecule has 0 bridgehead atoms. The highest BCUT2D eigenvalue weighted by molar-refractivity contribution is 7.15. The zero-order valence-electron chi connectivity index (χ0n) is 13.6. The van der Waals surface area contributed by atoms with Gasteiger partial charge < -0.3 is 0 Å². The summed E-state index contributed by atoms with van der Waals surface area (Å²) in [6.07, 6.45) is 6.67. The molecule has 0 fully saturated rings. The first-order valence-corrected chi connectivity index (χ1v) is 8.79. The van der Waals surface area contributed by atoms with Crippen LogP contribution in [0.15, 0.2) is 48.9 Å². The molecule has 0 amide bonds. The third-order valence-electron chi connectivity index (χ3n) is 4.14. The molecule has 3 aromatic heterocycles. The van der Waals surface area contributed by atoms with Crippen molar-refractivity contribution < 1.29 is 0 Å². The number of H-pyrrole nitrogens is 1. The zero-order chi connectivity index (χ0) is 16.1. The van der Waals surface area contributed by atoms with E-state index in [1.165, 1.54) is 15.3 Å². The van der Waals surface area contributed by atoms with E-state index in [1.807, 2.05) is 29.8 Å². The smallest absolute Gasteiger partial charge is 0.0749 e. The predicted molar refractivity (Wildman–Crippen MR) is 95.1 cm³/mol. The van der Waals surface area contributed by atoms with Gasteiger partial charge in [0.2, 0.25) is 0 Å². The number of thiophene rings is 1. The molecule has 3 heterocycles. The molecule has 4 nitrogen and oxygen atoms in total. The lowest BCUT2D eigenvalue weighted by molar-refractivity contribution is 0.188. The molecule has 0 spiro atoms. The number of nitrogens with one attached hydrogen (secondary N) is 1. The Kier molecular flexibility index (Phi) is 5.20. The second-order valence-corrected chi connectivity index (χ2v) is 6.92. The molecular weight excluding hydrogens is 304 g/mol. The summed E-state index contributed by atoms with van der Waals surface area (Å²) in [5, 5.41) is 7.07. The van der Waals surface area contributed by atoms with E-state index in [0.717, 1.165) is 25.2 Å². The first-order chi connectivity index (χ1) is 11.3. The lowest BCUT2D eigenvalue weighted by atomic mass is 10.1. The predicted octanol–water partition coefficient (Wildman–Crippen LogP) is 4.33. The molecule has 0 aliphatic carbocycles. The summed E-state index contributed by atoms with van der Waals surface area (Å²) in [6, 6.07) is 11.1. The van der Waals surface area contributed by atoms with Gasteiger partial charge in [-0.15, -0.1) is 11.3 Å². The maximum absolute atomic E-state index is 4.11. The van der Waals surface area contributed by atoms with E-state index >= 15 is 0 Å². The van der Waals surface area contributed by atoms with E-state index < -0.39 is 0 Å². The highest BCUT2D eigenvalue weighted by Crippen LogP contribution is 2.28. The maximum atomic E-state index is 4.11. The van der Waals surface area contributed by atoms with Gasteiger partial charge >= 0.3 is 0 Å². The van der Waals surface area contributed by atoms with Crippen molar-refractivity contribution in [2.45, 2.75) is 39.4 Å². The summed E-state index contributed by atoms with van der Waals surface area (Å²) in [7, 11) is 0. The molecule has 0 aromatic carbocycles. The first kappa shape index (κ1) is 15.9. The molecule has 0 aliphatic rings. The molecule has 0 saturated carbocycles. The average Bonchev–Trinajstić information content (AvgIpc) is 3.25. The summed E-state index contributed by atoms with van der Waals surface area (Å²) in [6.45, 7) is 6.46. The molecule has 120 valence electrons. The van der Waals surface area contributed by atoms with Crippen molar-refractivity contribution in [2.24, 2.45) is 0 Å². The second kappa shape index (κ2) is 7.53. The Morgan fingerprint density at radius 1 is 1.09 bits per heavy atom. The molecule has 3 rings (SSSR count). The van der Waals surface area contributed by atoms with Crippen molar-refractivity contribution in [3.05, 3.63) is 59.4 Å². The third-order valence-corrected chi connectivity index (χ3v) is 5.24. The van der Waals surface area contributed by atoms with Gasteiger partial charge in [0.15, 0.2) is 0 Å². The Hall–Kier alpha value is -1.98. The van der Waals surface area contributed by atoms with Crippen molar-refractivity contribution in [3.63, 3.8) is 0 Å². The van der Waals surface area contributed by atoms with Crippen molar-refractivity contribution in [1.29, 1.82) is 0 Å². The van der Waals surface area contributed by atoms with Crippen LogP contribution in [-0.4, -0.2) is 26.1 Å². The van der Waals surface area contributed by atoms with Gasteiger partial charge in [0.05, 0.1) is 10.6 Å². The van der Waals surface area contributed by atoms with Crippen molar-refractivity contribution in [2.75, 3.05) is 0 Å². The van der Waals surface area contributed by atoms with Crippen molar-refractivity contribution in [1.82, 2.24) is 20.1 Å². The van der Waals surface area contributed by atoms with Crippen LogP contribution in [-0.2, 0) is 13.1 Å². The Morgan fingerprint density at radius 2 is 1.91 bits per heavy atom. The summed E-state index contributed by atoms with van der Waals surface area (Å²) in [4.78, 5) is 9.25. The molecule has 23 heavy (non-hydrogen) atoms. The van der Waals surface area contributed by atoms with Crippen LogP contribution in [0, 0.1) is 0 Å². The van der Waals surface area contributed by atoms with E-state index in [1.54, 1.807) is 6.20 Å². The summed E-state index contributed by atoms with van der Waals surface area (Å²) < 4.78 is 0. The number of hydrogen-bond acceptors (Lipinski definition) is 4. The molecular formula is C18H22N4S. The van der Waals surface area contributed by atoms with Crippen molar-refractivity contribution in [3.8, 4) is 10.6 Å². The Morgan fingerprint density at radius 3 is 2.61 bits per heavy atom. The van der Waals surface area contributed by atoms with Crippen LogP contribution in [0.3, 0.4) is 0 Å².